The lowest BCUT2D eigenvalue weighted by molar-refractivity contribution is -0.114. The van der Waals surface area contributed by atoms with E-state index in [1.165, 1.54) is 19.1 Å². The molecular formula is C21H19NO5. The Bertz CT molecular complexity index is 1100. The summed E-state index contributed by atoms with van der Waals surface area (Å²) in [4.78, 5) is 35.3. The Balaban J connectivity index is 1.84. The van der Waals surface area contributed by atoms with Crippen LogP contribution in [-0.2, 0) is 16.1 Å². The Morgan fingerprint density at radius 3 is 2.56 bits per heavy atom. The quantitative estimate of drug-likeness (QED) is 0.562. The van der Waals surface area contributed by atoms with Gasteiger partial charge in [0.2, 0.25) is 5.91 Å². The Kier molecular flexibility index (Phi) is 5.07. The maximum atomic E-state index is 12.4. The molecule has 0 saturated heterocycles. The van der Waals surface area contributed by atoms with Crippen LogP contribution >= 0.6 is 0 Å². The lowest BCUT2D eigenvalue weighted by Gasteiger charge is -2.10. The van der Waals surface area contributed by atoms with E-state index in [0.29, 0.717) is 22.4 Å². The summed E-state index contributed by atoms with van der Waals surface area (Å²) >= 11 is 0. The molecular weight excluding hydrogens is 346 g/mol. The number of nitrogens with one attached hydrogen (secondary N) is 1. The first kappa shape index (κ1) is 18.4. The number of anilines is 1. The van der Waals surface area contributed by atoms with Gasteiger partial charge in [0.15, 0.2) is 0 Å². The highest BCUT2D eigenvalue weighted by Crippen LogP contribution is 2.22. The minimum absolute atomic E-state index is 0.0617. The van der Waals surface area contributed by atoms with Gasteiger partial charge in [0.25, 0.3) is 0 Å². The van der Waals surface area contributed by atoms with Crippen LogP contribution < -0.4 is 10.9 Å². The van der Waals surface area contributed by atoms with Gasteiger partial charge >= 0.3 is 11.6 Å². The first-order chi connectivity index (χ1) is 12.8. The van der Waals surface area contributed by atoms with Crippen LogP contribution in [-0.4, -0.2) is 11.9 Å². The number of carbonyl (C=O) groups excluding carboxylic acids is 2. The SMILES string of the molecule is CC(=O)Nc1cccc(C(=O)OCc2cc(=O)oc3cc(C)c(C)cc23)c1. The van der Waals surface area contributed by atoms with Crippen LogP contribution in [0.5, 0.6) is 0 Å². The lowest BCUT2D eigenvalue weighted by atomic mass is 10.0. The Morgan fingerprint density at radius 1 is 1.07 bits per heavy atom. The topological polar surface area (TPSA) is 85.6 Å². The van der Waals surface area contributed by atoms with E-state index in [2.05, 4.69) is 5.32 Å². The highest BCUT2D eigenvalue weighted by molar-refractivity contribution is 5.93. The van der Waals surface area contributed by atoms with Gasteiger partial charge in [-0.3, -0.25) is 4.79 Å². The Morgan fingerprint density at radius 2 is 1.81 bits per heavy atom. The summed E-state index contributed by atoms with van der Waals surface area (Å²) in [6.45, 7) is 5.22. The van der Waals surface area contributed by atoms with Crippen LogP contribution in [0.3, 0.4) is 0 Å². The standard InChI is InChI=1S/C21H19NO5/c1-12-7-18-16(10-20(24)27-19(18)8-13(12)2)11-26-21(25)15-5-4-6-17(9-15)22-14(3)23/h4-10H,11H2,1-3H3,(H,22,23). The zero-order chi connectivity index (χ0) is 19.6. The van der Waals surface area contributed by atoms with Crippen molar-refractivity contribution in [1.29, 1.82) is 0 Å². The maximum Gasteiger partial charge on any atom is 0.338 e. The number of esters is 1. The minimum atomic E-state index is -0.549. The smallest absolute Gasteiger partial charge is 0.338 e. The molecule has 3 aromatic rings. The third kappa shape index (κ3) is 4.23. The van der Waals surface area contributed by atoms with Crippen LogP contribution in [0.2, 0.25) is 0 Å². The van der Waals surface area contributed by atoms with E-state index in [4.69, 9.17) is 9.15 Å². The number of benzene rings is 2. The second-order valence-electron chi connectivity index (χ2n) is 6.36. The molecule has 3 rings (SSSR count). The number of rotatable bonds is 4. The van der Waals surface area contributed by atoms with Gasteiger partial charge in [0.05, 0.1) is 5.56 Å². The molecule has 6 nitrogen and oxygen atoms in total. The molecule has 0 saturated carbocycles. The molecule has 1 heterocycles. The summed E-state index contributed by atoms with van der Waals surface area (Å²) in [6, 6.07) is 11.5. The number of carbonyl (C=O) groups is 2. The molecule has 27 heavy (non-hydrogen) atoms. The third-order valence-corrected chi connectivity index (χ3v) is 4.22. The average molecular weight is 365 g/mol. The number of hydrogen-bond donors (Lipinski definition) is 1. The second-order valence-corrected chi connectivity index (χ2v) is 6.36. The minimum Gasteiger partial charge on any atom is -0.457 e. The van der Waals surface area contributed by atoms with Crippen LogP contribution in [0, 0.1) is 13.8 Å². The zero-order valence-electron chi connectivity index (χ0n) is 15.3. The van der Waals surface area contributed by atoms with Crippen LogP contribution in [0.4, 0.5) is 5.69 Å². The molecule has 0 aliphatic carbocycles. The molecule has 0 aliphatic heterocycles. The summed E-state index contributed by atoms with van der Waals surface area (Å²) in [5.41, 5.74) is 3.42. The van der Waals surface area contributed by atoms with E-state index >= 15 is 0 Å². The molecule has 1 N–H and O–H groups in total. The molecule has 1 aromatic heterocycles. The summed E-state index contributed by atoms with van der Waals surface area (Å²) in [5, 5.41) is 3.35. The van der Waals surface area contributed by atoms with Gasteiger partial charge in [0, 0.05) is 29.6 Å². The van der Waals surface area contributed by atoms with E-state index < -0.39 is 11.6 Å². The highest BCUT2D eigenvalue weighted by atomic mass is 16.5. The summed E-state index contributed by atoms with van der Waals surface area (Å²) in [6.07, 6.45) is 0. The monoisotopic (exact) mass is 365 g/mol. The second kappa shape index (κ2) is 7.45. The molecule has 0 unspecified atom stereocenters. The van der Waals surface area contributed by atoms with Crippen molar-refractivity contribution in [3.8, 4) is 0 Å². The van der Waals surface area contributed by atoms with Gasteiger partial charge in [-0.25, -0.2) is 9.59 Å². The van der Waals surface area contributed by atoms with Crippen molar-refractivity contribution in [1.82, 2.24) is 0 Å². The van der Waals surface area contributed by atoms with Gasteiger partial charge in [-0.05, 0) is 55.3 Å². The molecule has 1 amide bonds. The molecule has 0 spiro atoms. The van der Waals surface area contributed by atoms with Crippen molar-refractivity contribution in [3.63, 3.8) is 0 Å². The molecule has 0 atom stereocenters. The normalized spacial score (nSPS) is 10.6. The van der Waals surface area contributed by atoms with E-state index in [9.17, 15) is 14.4 Å². The van der Waals surface area contributed by atoms with Crippen molar-refractivity contribution in [2.24, 2.45) is 0 Å². The maximum absolute atomic E-state index is 12.4. The molecule has 0 bridgehead atoms. The van der Waals surface area contributed by atoms with Gasteiger partial charge < -0.3 is 14.5 Å². The first-order valence-electron chi connectivity index (χ1n) is 8.42. The van der Waals surface area contributed by atoms with Gasteiger partial charge in [-0.15, -0.1) is 0 Å². The third-order valence-electron chi connectivity index (χ3n) is 4.22. The number of ether oxygens (including phenoxy) is 1. The van der Waals surface area contributed by atoms with Crippen molar-refractivity contribution in [2.45, 2.75) is 27.4 Å². The Hall–Kier alpha value is -3.41. The molecule has 0 radical (unpaired) electrons. The number of amides is 1. The average Bonchev–Trinajstić information content (AvgIpc) is 2.60. The van der Waals surface area contributed by atoms with Crippen molar-refractivity contribution < 1.29 is 18.7 Å². The fourth-order valence-corrected chi connectivity index (χ4v) is 2.76. The van der Waals surface area contributed by atoms with E-state index in [-0.39, 0.29) is 12.5 Å². The number of fused-ring (bicyclic) bond motifs is 1. The first-order valence-corrected chi connectivity index (χ1v) is 8.42. The fraction of sp³-hybridized carbons (Fsp3) is 0.190. The summed E-state index contributed by atoms with van der Waals surface area (Å²) in [7, 11) is 0. The summed E-state index contributed by atoms with van der Waals surface area (Å²) < 4.78 is 10.6. The van der Waals surface area contributed by atoms with Crippen LogP contribution in [0.1, 0.15) is 34.0 Å². The largest absolute Gasteiger partial charge is 0.457 e. The van der Waals surface area contributed by atoms with Crippen molar-refractivity contribution in [3.05, 3.63) is 75.1 Å². The molecule has 0 aliphatic rings. The predicted molar refractivity (Wildman–Crippen MR) is 102 cm³/mol. The highest BCUT2D eigenvalue weighted by Gasteiger charge is 2.12. The van der Waals surface area contributed by atoms with Gasteiger partial charge in [-0.2, -0.15) is 0 Å². The Labute approximate surface area is 155 Å². The fourth-order valence-electron chi connectivity index (χ4n) is 2.76. The molecule has 138 valence electrons. The number of aryl methyl sites for hydroxylation is 2. The van der Waals surface area contributed by atoms with Gasteiger partial charge in [0.1, 0.15) is 12.2 Å². The molecule has 0 fully saturated rings. The van der Waals surface area contributed by atoms with E-state index in [1.54, 1.807) is 24.3 Å². The van der Waals surface area contributed by atoms with Crippen LogP contribution in [0.15, 0.2) is 51.7 Å². The lowest BCUT2D eigenvalue weighted by Crippen LogP contribution is -2.10. The zero-order valence-corrected chi connectivity index (χ0v) is 15.3. The van der Waals surface area contributed by atoms with E-state index in [0.717, 1.165) is 16.5 Å². The molecule has 2 aromatic carbocycles. The van der Waals surface area contributed by atoms with Crippen molar-refractivity contribution >= 4 is 28.5 Å². The predicted octanol–water partition coefficient (Wildman–Crippen LogP) is 3.73. The van der Waals surface area contributed by atoms with Crippen molar-refractivity contribution in [2.75, 3.05) is 5.32 Å². The molecule has 6 heteroatoms. The van der Waals surface area contributed by atoms with E-state index in [1.807, 2.05) is 19.9 Å². The summed E-state index contributed by atoms with van der Waals surface area (Å²) in [5.74, 6) is -0.777. The van der Waals surface area contributed by atoms with Crippen LogP contribution in [0.25, 0.3) is 11.0 Å². The number of hydrogen-bond acceptors (Lipinski definition) is 5. The van der Waals surface area contributed by atoms with Gasteiger partial charge in [-0.1, -0.05) is 6.07 Å².